The summed E-state index contributed by atoms with van der Waals surface area (Å²) in [7, 11) is 0. The maximum atomic E-state index is 6.68. The number of para-hydroxylation sites is 4. The van der Waals surface area contributed by atoms with Crippen LogP contribution in [-0.2, 0) is 0 Å². The van der Waals surface area contributed by atoms with Gasteiger partial charge in [0.25, 0.3) is 0 Å². The third-order valence-corrected chi connectivity index (χ3v) is 12.2. The minimum atomic E-state index is 0.602. The Morgan fingerprint density at radius 2 is 0.952 bits per heavy atom. The molecule has 0 aliphatic carbocycles. The van der Waals surface area contributed by atoms with E-state index in [2.05, 4.69) is 210 Å². The molecular weight excluding hydrogens is 767 g/mol. The number of hydrogen-bond acceptors (Lipinski definition) is 3. The minimum absolute atomic E-state index is 0.602. The Morgan fingerprint density at radius 1 is 0.381 bits per heavy atom. The number of rotatable bonds is 8. The fourth-order valence-electron chi connectivity index (χ4n) is 9.32. The topological polar surface area (TPSA) is 34.2 Å². The van der Waals surface area contributed by atoms with Crippen LogP contribution in [0.2, 0.25) is 0 Å². The van der Waals surface area contributed by atoms with Gasteiger partial charge in [0, 0.05) is 49.6 Å². The number of hydrogen-bond donors (Lipinski definition) is 0. The monoisotopic (exact) mass is 805 g/mol. The van der Waals surface area contributed by atoms with E-state index in [1.807, 2.05) is 36.4 Å². The van der Waals surface area contributed by atoms with Gasteiger partial charge < -0.3 is 13.9 Å². The van der Waals surface area contributed by atoms with Crippen molar-refractivity contribution in [1.82, 2.24) is 9.55 Å². The molecule has 296 valence electrons. The molecule has 12 aromatic rings. The van der Waals surface area contributed by atoms with E-state index in [9.17, 15) is 0 Å². The molecule has 2 heterocycles. The Balaban J connectivity index is 1.10. The highest BCUT2D eigenvalue weighted by atomic mass is 16.3. The van der Waals surface area contributed by atoms with E-state index < -0.39 is 0 Å². The van der Waals surface area contributed by atoms with E-state index in [0.29, 0.717) is 5.89 Å². The number of nitrogens with zero attached hydrogens (tertiary/aromatic N) is 3. The lowest BCUT2D eigenvalue weighted by Crippen LogP contribution is -2.12. The molecule has 63 heavy (non-hydrogen) atoms. The fourth-order valence-corrected chi connectivity index (χ4v) is 9.32. The standard InChI is InChI=1S/C59H39N3O/c1-4-18-40(19-5-1)43-22-16-23-44(38-43)41-34-36-46(37-35-41)61(54-32-14-12-27-48(54)51-30-17-31-53-58(51)63-59(60-53)42-20-6-2-7-21-42)56-39-52-49-28-13-15-33-55(49)62(45-24-8-3-9-25-45)57(52)50-29-11-10-26-47(50)56/h1-39H. The molecule has 0 saturated heterocycles. The summed E-state index contributed by atoms with van der Waals surface area (Å²) >= 11 is 0. The van der Waals surface area contributed by atoms with Gasteiger partial charge in [-0.1, -0.05) is 170 Å². The maximum absolute atomic E-state index is 6.68. The molecule has 0 aliphatic rings. The van der Waals surface area contributed by atoms with Gasteiger partial charge in [-0.2, -0.15) is 0 Å². The number of oxazole rings is 1. The van der Waals surface area contributed by atoms with Gasteiger partial charge in [0.1, 0.15) is 5.52 Å². The maximum Gasteiger partial charge on any atom is 0.227 e. The Labute approximate surface area is 365 Å². The first-order valence-corrected chi connectivity index (χ1v) is 21.4. The molecule has 0 atom stereocenters. The molecule has 0 saturated carbocycles. The number of fused-ring (bicyclic) bond motifs is 6. The van der Waals surface area contributed by atoms with Crippen LogP contribution in [0.3, 0.4) is 0 Å². The lowest BCUT2D eigenvalue weighted by molar-refractivity contribution is 0.621. The Kier molecular flexibility index (Phi) is 8.79. The van der Waals surface area contributed by atoms with Crippen LogP contribution in [0, 0.1) is 0 Å². The molecular formula is C59H39N3O. The molecule has 0 radical (unpaired) electrons. The second-order valence-electron chi connectivity index (χ2n) is 15.9. The lowest BCUT2D eigenvalue weighted by Gasteiger charge is -2.29. The van der Waals surface area contributed by atoms with Crippen LogP contribution >= 0.6 is 0 Å². The van der Waals surface area contributed by atoms with Crippen LogP contribution in [0.5, 0.6) is 0 Å². The normalized spacial score (nSPS) is 11.5. The third kappa shape index (κ3) is 6.27. The van der Waals surface area contributed by atoms with Crippen molar-refractivity contribution in [2.45, 2.75) is 0 Å². The first-order chi connectivity index (χ1) is 31.3. The van der Waals surface area contributed by atoms with Crippen molar-refractivity contribution in [1.29, 1.82) is 0 Å². The molecule has 2 aromatic heterocycles. The highest BCUT2D eigenvalue weighted by Gasteiger charge is 2.25. The molecule has 0 bridgehead atoms. The minimum Gasteiger partial charge on any atom is -0.435 e. The highest BCUT2D eigenvalue weighted by Crippen LogP contribution is 2.48. The zero-order chi connectivity index (χ0) is 41.7. The van der Waals surface area contributed by atoms with Crippen molar-refractivity contribution in [2.24, 2.45) is 0 Å². The summed E-state index contributed by atoms with van der Waals surface area (Å²) in [6.45, 7) is 0. The molecule has 10 aromatic carbocycles. The molecule has 0 amide bonds. The van der Waals surface area contributed by atoms with E-state index in [1.54, 1.807) is 0 Å². The second-order valence-corrected chi connectivity index (χ2v) is 15.9. The summed E-state index contributed by atoms with van der Waals surface area (Å²) in [4.78, 5) is 7.41. The van der Waals surface area contributed by atoms with Crippen molar-refractivity contribution in [3.63, 3.8) is 0 Å². The lowest BCUT2D eigenvalue weighted by atomic mass is 9.97. The summed E-state index contributed by atoms with van der Waals surface area (Å²) < 4.78 is 9.10. The molecule has 0 spiro atoms. The predicted octanol–water partition coefficient (Wildman–Crippen LogP) is 16.2. The van der Waals surface area contributed by atoms with Gasteiger partial charge >= 0.3 is 0 Å². The van der Waals surface area contributed by atoms with Crippen molar-refractivity contribution >= 4 is 60.7 Å². The summed E-state index contributed by atoms with van der Waals surface area (Å²) in [6, 6.07) is 84.2. The molecule has 0 fully saturated rings. The quantitative estimate of drug-likeness (QED) is 0.153. The average Bonchev–Trinajstić information content (AvgIpc) is 3.96. The van der Waals surface area contributed by atoms with E-state index in [0.717, 1.165) is 61.5 Å². The van der Waals surface area contributed by atoms with E-state index in [1.165, 1.54) is 43.9 Å². The summed E-state index contributed by atoms with van der Waals surface area (Å²) in [5.41, 5.74) is 15.9. The molecule has 0 aliphatic heterocycles. The summed E-state index contributed by atoms with van der Waals surface area (Å²) in [5, 5.41) is 4.70. The van der Waals surface area contributed by atoms with Crippen LogP contribution in [0.15, 0.2) is 241 Å². The van der Waals surface area contributed by atoms with Gasteiger partial charge in [-0.25, -0.2) is 4.98 Å². The molecule has 4 heteroatoms. The van der Waals surface area contributed by atoms with Crippen LogP contribution in [0.1, 0.15) is 0 Å². The molecule has 0 unspecified atom stereocenters. The van der Waals surface area contributed by atoms with Crippen LogP contribution < -0.4 is 4.90 Å². The van der Waals surface area contributed by atoms with Crippen molar-refractivity contribution < 1.29 is 4.42 Å². The predicted molar refractivity (Wildman–Crippen MR) is 262 cm³/mol. The first kappa shape index (κ1) is 36.4. The third-order valence-electron chi connectivity index (χ3n) is 12.2. The summed E-state index contributed by atoms with van der Waals surface area (Å²) in [5.74, 6) is 0.602. The van der Waals surface area contributed by atoms with Crippen molar-refractivity contribution in [3.8, 4) is 50.5 Å². The zero-order valence-electron chi connectivity index (χ0n) is 34.3. The van der Waals surface area contributed by atoms with Gasteiger partial charge in [0.05, 0.1) is 22.4 Å². The fraction of sp³-hybridized carbons (Fsp3) is 0. The van der Waals surface area contributed by atoms with Crippen LogP contribution in [0.4, 0.5) is 17.1 Å². The smallest absolute Gasteiger partial charge is 0.227 e. The first-order valence-electron chi connectivity index (χ1n) is 21.4. The summed E-state index contributed by atoms with van der Waals surface area (Å²) in [6.07, 6.45) is 0. The average molecular weight is 806 g/mol. The Morgan fingerprint density at radius 3 is 1.71 bits per heavy atom. The van der Waals surface area contributed by atoms with E-state index in [-0.39, 0.29) is 0 Å². The largest absolute Gasteiger partial charge is 0.435 e. The van der Waals surface area contributed by atoms with Crippen LogP contribution in [0.25, 0.3) is 94.2 Å². The van der Waals surface area contributed by atoms with E-state index >= 15 is 0 Å². The second kappa shape index (κ2) is 15.2. The number of aromatic nitrogens is 2. The Bertz CT molecular complexity index is 3610. The highest BCUT2D eigenvalue weighted by molar-refractivity contribution is 6.22. The van der Waals surface area contributed by atoms with Crippen molar-refractivity contribution in [2.75, 3.05) is 4.90 Å². The number of anilines is 3. The van der Waals surface area contributed by atoms with Gasteiger partial charge in [0.2, 0.25) is 5.89 Å². The molecule has 4 nitrogen and oxygen atoms in total. The van der Waals surface area contributed by atoms with Crippen molar-refractivity contribution in [3.05, 3.63) is 237 Å². The molecule has 12 rings (SSSR count). The Hall–Kier alpha value is -8.47. The molecule has 0 N–H and O–H groups in total. The van der Waals surface area contributed by atoms with Gasteiger partial charge in [-0.3, -0.25) is 0 Å². The van der Waals surface area contributed by atoms with Gasteiger partial charge in [0.15, 0.2) is 5.58 Å². The number of benzene rings is 10. The van der Waals surface area contributed by atoms with E-state index in [4.69, 9.17) is 9.40 Å². The van der Waals surface area contributed by atoms with Gasteiger partial charge in [-0.05, 0) is 89.0 Å². The van der Waals surface area contributed by atoms with Gasteiger partial charge in [-0.15, -0.1) is 0 Å². The van der Waals surface area contributed by atoms with Crippen LogP contribution in [-0.4, -0.2) is 9.55 Å². The SMILES string of the molecule is c1ccc(-c2cccc(-c3ccc(N(c4ccccc4-c4cccc5nc(-c6ccccc6)oc45)c4cc5c6ccccc6n(-c6ccccc6)c5c5ccccc45)cc3)c2)cc1. The zero-order valence-corrected chi connectivity index (χ0v) is 34.3.